The van der Waals surface area contributed by atoms with E-state index in [0.29, 0.717) is 19.3 Å². The van der Waals surface area contributed by atoms with Gasteiger partial charge in [-0.1, -0.05) is 155 Å². The highest BCUT2D eigenvalue weighted by Gasteiger charge is 2.31. The van der Waals surface area contributed by atoms with Gasteiger partial charge in [-0.05, 0) is 70.6 Å². The smallest absolute Gasteiger partial charge is 0.362 e. The molecular weight excluding hydrogens is 727 g/mol. The molecular formula is C50H78NO7+. The van der Waals surface area contributed by atoms with Gasteiger partial charge in [-0.25, -0.2) is 4.79 Å². The number of carboxylic acid groups (broad SMARTS) is 1. The summed E-state index contributed by atoms with van der Waals surface area (Å²) < 4.78 is 17.1. The normalized spacial score (nSPS) is 14.2. The number of carbonyl (C=O) groups excluding carboxylic acids is 2. The maximum absolute atomic E-state index is 12.7. The summed E-state index contributed by atoms with van der Waals surface area (Å²) in [5, 5.41) is 9.62. The van der Waals surface area contributed by atoms with Crippen LogP contribution in [0.5, 0.6) is 0 Å². The number of aliphatic carboxylic acids is 1. The Morgan fingerprint density at radius 3 is 1.59 bits per heavy atom. The van der Waals surface area contributed by atoms with Gasteiger partial charge in [0.05, 0.1) is 34.4 Å². The zero-order valence-electron chi connectivity index (χ0n) is 36.7. The summed E-state index contributed by atoms with van der Waals surface area (Å²) in [5.74, 6) is -1.63. The first-order chi connectivity index (χ1) is 28.1. The minimum atomic E-state index is -0.897. The van der Waals surface area contributed by atoms with Gasteiger partial charge in [0.1, 0.15) is 6.61 Å². The minimum absolute atomic E-state index is 0.0135. The lowest BCUT2D eigenvalue weighted by Crippen LogP contribution is -2.50. The van der Waals surface area contributed by atoms with Crippen molar-refractivity contribution in [3.8, 4) is 0 Å². The molecule has 324 valence electrons. The SMILES string of the molecule is CC/C=C/C=C/C=C/C=C/CCCCCCCC(=O)OCC(COCCC(C(=O)O)[N+](C)(C)C)OC(=O)CC/C=C/C/C=C/C/C=C/C/C=C/C/C=C/C/C=C/CC. The molecule has 0 bridgehead atoms. The molecule has 0 aliphatic rings. The molecule has 0 aliphatic carbocycles. The van der Waals surface area contributed by atoms with E-state index in [0.717, 1.165) is 83.5 Å². The van der Waals surface area contributed by atoms with Crippen LogP contribution in [0.25, 0.3) is 0 Å². The standard InChI is InChI=1S/C50H77NO7/c1-6-8-10-12-14-16-18-20-22-23-24-25-27-29-31-33-35-37-39-41-49(53)58-46(44-56-43-42-47(50(54)55)51(3,4)5)45-57-48(52)40-38-36-34-32-30-28-26-21-19-17-15-13-11-9-7-2/h8-11,13-17,19-22,24-26,29,31,35,37,46-47H,6-7,12,18,23,27-28,30,32-34,36,38-45H2,1-5H3/p+1/b10-8+,11-9+,15-13+,16-14+,19-17+,22-20+,25-24+,26-21+,31-29+,37-35+. The molecule has 0 rings (SSSR count). The molecule has 58 heavy (non-hydrogen) atoms. The Morgan fingerprint density at radius 2 is 1.03 bits per heavy atom. The average Bonchev–Trinajstić information content (AvgIpc) is 3.18. The summed E-state index contributed by atoms with van der Waals surface area (Å²) in [6.07, 6.45) is 55.4. The van der Waals surface area contributed by atoms with Crippen molar-refractivity contribution >= 4 is 17.9 Å². The van der Waals surface area contributed by atoms with Gasteiger partial charge in [-0.3, -0.25) is 9.59 Å². The molecule has 2 atom stereocenters. The summed E-state index contributed by atoms with van der Waals surface area (Å²) in [5.41, 5.74) is 0. The highest BCUT2D eigenvalue weighted by molar-refractivity contribution is 5.72. The predicted molar refractivity (Wildman–Crippen MR) is 242 cm³/mol. The molecule has 0 aromatic carbocycles. The highest BCUT2D eigenvalue weighted by atomic mass is 16.6. The fraction of sp³-hybridized carbons (Fsp3) is 0.540. The second kappa shape index (κ2) is 39.6. The number of nitrogens with zero attached hydrogens (tertiary/aromatic N) is 1. The van der Waals surface area contributed by atoms with Crippen molar-refractivity contribution in [2.45, 2.75) is 135 Å². The number of carboxylic acids is 1. The number of hydrogen-bond acceptors (Lipinski definition) is 6. The van der Waals surface area contributed by atoms with Gasteiger partial charge in [0.25, 0.3) is 0 Å². The van der Waals surface area contributed by atoms with Gasteiger partial charge < -0.3 is 23.8 Å². The number of esters is 2. The van der Waals surface area contributed by atoms with Crippen molar-refractivity contribution in [2.24, 2.45) is 0 Å². The first-order valence-electron chi connectivity index (χ1n) is 21.6. The number of quaternary nitrogens is 1. The second-order valence-electron chi connectivity index (χ2n) is 14.9. The Kier molecular flexibility index (Phi) is 36.6. The summed E-state index contributed by atoms with van der Waals surface area (Å²) >= 11 is 0. The Morgan fingerprint density at radius 1 is 0.534 bits per heavy atom. The van der Waals surface area contributed by atoms with Crippen molar-refractivity contribution in [1.29, 1.82) is 0 Å². The van der Waals surface area contributed by atoms with Crippen LogP contribution in [-0.2, 0) is 28.6 Å². The van der Waals surface area contributed by atoms with E-state index in [-0.39, 0.29) is 36.7 Å². The zero-order valence-corrected chi connectivity index (χ0v) is 36.7. The highest BCUT2D eigenvalue weighted by Crippen LogP contribution is 2.11. The fourth-order valence-corrected chi connectivity index (χ4v) is 5.42. The molecule has 0 spiro atoms. The van der Waals surface area contributed by atoms with E-state index in [1.165, 1.54) is 0 Å². The van der Waals surface area contributed by atoms with E-state index in [1.807, 2.05) is 63.7 Å². The molecule has 0 radical (unpaired) electrons. The molecule has 0 aromatic heterocycles. The number of carbonyl (C=O) groups is 3. The molecule has 1 N–H and O–H groups in total. The number of rotatable bonds is 36. The Bertz CT molecular complexity index is 1350. The minimum Gasteiger partial charge on any atom is -0.477 e. The molecule has 0 fully saturated rings. The molecule has 0 saturated carbocycles. The zero-order chi connectivity index (χ0) is 42.8. The third-order valence-electron chi connectivity index (χ3n) is 8.71. The van der Waals surface area contributed by atoms with Crippen molar-refractivity contribution in [3.63, 3.8) is 0 Å². The second-order valence-corrected chi connectivity index (χ2v) is 14.9. The van der Waals surface area contributed by atoms with Crippen LogP contribution in [0, 0.1) is 0 Å². The average molecular weight is 805 g/mol. The Labute approximate surface area is 352 Å². The van der Waals surface area contributed by atoms with Gasteiger partial charge >= 0.3 is 17.9 Å². The van der Waals surface area contributed by atoms with Crippen LogP contribution in [0.4, 0.5) is 0 Å². The first-order valence-corrected chi connectivity index (χ1v) is 21.6. The predicted octanol–water partition coefficient (Wildman–Crippen LogP) is 11.9. The van der Waals surface area contributed by atoms with Crippen LogP contribution in [-0.4, -0.2) is 80.6 Å². The Hall–Kier alpha value is -4.27. The monoisotopic (exact) mass is 805 g/mol. The molecule has 0 amide bonds. The van der Waals surface area contributed by atoms with E-state index < -0.39 is 24.1 Å². The van der Waals surface area contributed by atoms with Gasteiger partial charge in [0, 0.05) is 19.3 Å². The van der Waals surface area contributed by atoms with Crippen molar-refractivity contribution < 1.29 is 38.2 Å². The molecule has 0 heterocycles. The fourth-order valence-electron chi connectivity index (χ4n) is 5.42. The van der Waals surface area contributed by atoms with E-state index in [4.69, 9.17) is 14.2 Å². The third-order valence-corrected chi connectivity index (χ3v) is 8.71. The summed E-state index contributed by atoms with van der Waals surface area (Å²) in [7, 11) is 5.47. The lowest BCUT2D eigenvalue weighted by molar-refractivity contribution is -0.887. The van der Waals surface area contributed by atoms with Crippen LogP contribution in [0.1, 0.15) is 123 Å². The van der Waals surface area contributed by atoms with E-state index in [2.05, 4.69) is 92.8 Å². The van der Waals surface area contributed by atoms with Crippen LogP contribution in [0.15, 0.2) is 122 Å². The summed E-state index contributed by atoms with van der Waals surface area (Å²) in [6.45, 7) is 4.34. The van der Waals surface area contributed by atoms with Gasteiger partial charge in [-0.2, -0.15) is 0 Å². The number of hydrogen-bond donors (Lipinski definition) is 1. The summed E-state index contributed by atoms with van der Waals surface area (Å²) in [6, 6.07) is -0.639. The van der Waals surface area contributed by atoms with Gasteiger partial charge in [0.15, 0.2) is 12.1 Å². The van der Waals surface area contributed by atoms with Crippen LogP contribution >= 0.6 is 0 Å². The van der Waals surface area contributed by atoms with Gasteiger partial charge in [-0.15, -0.1) is 0 Å². The largest absolute Gasteiger partial charge is 0.477 e. The van der Waals surface area contributed by atoms with Crippen molar-refractivity contribution in [1.82, 2.24) is 0 Å². The topological polar surface area (TPSA) is 99.1 Å². The van der Waals surface area contributed by atoms with Crippen LogP contribution in [0.3, 0.4) is 0 Å². The number of likely N-dealkylation sites (N-methyl/N-ethyl adjacent to an activating group) is 1. The van der Waals surface area contributed by atoms with Gasteiger partial charge in [0.2, 0.25) is 0 Å². The lowest BCUT2D eigenvalue weighted by atomic mass is 10.1. The number of ether oxygens (including phenoxy) is 3. The van der Waals surface area contributed by atoms with E-state index in [1.54, 1.807) is 0 Å². The quantitative estimate of drug-likeness (QED) is 0.0221. The third kappa shape index (κ3) is 37.3. The molecule has 0 aromatic rings. The van der Waals surface area contributed by atoms with E-state index in [9.17, 15) is 19.5 Å². The van der Waals surface area contributed by atoms with Crippen LogP contribution in [0.2, 0.25) is 0 Å². The number of allylic oxidation sites excluding steroid dienone is 20. The molecule has 2 unspecified atom stereocenters. The maximum Gasteiger partial charge on any atom is 0.362 e. The number of unbranched alkanes of at least 4 members (excludes halogenated alkanes) is 5. The van der Waals surface area contributed by atoms with Crippen molar-refractivity contribution in [3.05, 3.63) is 122 Å². The maximum atomic E-state index is 12.7. The lowest BCUT2D eigenvalue weighted by Gasteiger charge is -2.31. The van der Waals surface area contributed by atoms with Crippen LogP contribution < -0.4 is 0 Å². The first kappa shape index (κ1) is 53.7. The summed E-state index contributed by atoms with van der Waals surface area (Å²) in [4.78, 5) is 36.9. The molecule has 8 heteroatoms. The van der Waals surface area contributed by atoms with E-state index >= 15 is 0 Å². The Balaban J connectivity index is 4.56. The molecule has 0 aliphatic heterocycles. The van der Waals surface area contributed by atoms with Crippen molar-refractivity contribution in [2.75, 3.05) is 41.0 Å². The molecule has 8 nitrogen and oxygen atoms in total. The molecule has 0 saturated heterocycles.